The molecular weight excluding hydrogens is 196 g/mol. The van der Waals surface area contributed by atoms with E-state index in [2.05, 4.69) is 20.1 Å². The minimum Gasteiger partial charge on any atom is -0.478 e. The predicted octanol–water partition coefficient (Wildman–Crippen LogP) is 0.988. The maximum atomic E-state index is 10.3. The molecule has 0 heterocycles. The Morgan fingerprint density at radius 3 is 1.36 bits per heavy atom. The zero-order valence-electron chi connectivity index (χ0n) is 6.39. The summed E-state index contributed by atoms with van der Waals surface area (Å²) in [6, 6.07) is 0. The van der Waals surface area contributed by atoms with Crippen molar-refractivity contribution in [1.29, 1.82) is 0 Å². The van der Waals surface area contributed by atoms with Crippen LogP contribution in [0.4, 0.5) is 0 Å². The van der Waals surface area contributed by atoms with Gasteiger partial charge in [0.25, 0.3) is 0 Å². The van der Waals surface area contributed by atoms with E-state index in [1.54, 1.807) is 0 Å². The van der Waals surface area contributed by atoms with E-state index >= 15 is 0 Å². The van der Waals surface area contributed by atoms with Gasteiger partial charge < -0.3 is 10.2 Å². The van der Waals surface area contributed by atoms with Crippen molar-refractivity contribution in [3.63, 3.8) is 0 Å². The number of aliphatic carboxylic acids is 2. The Balaban J connectivity index is 5.73. The minimum atomic E-state index is -1.80. The maximum Gasteiger partial charge on any atom is 0.338 e. The van der Waals surface area contributed by atoms with Crippen LogP contribution in [0.1, 0.15) is 0 Å². The first-order valence-corrected chi connectivity index (χ1v) is 2.85. The van der Waals surface area contributed by atoms with Crippen LogP contribution in [0.15, 0.2) is 21.6 Å². The van der Waals surface area contributed by atoms with Crippen LogP contribution in [0.25, 0.3) is 20.9 Å². The summed E-state index contributed by atoms with van der Waals surface area (Å²) in [7, 11) is 0. The summed E-state index contributed by atoms with van der Waals surface area (Å²) >= 11 is 0. The maximum absolute atomic E-state index is 10.3. The highest BCUT2D eigenvalue weighted by Gasteiger charge is 2.17. The summed E-state index contributed by atoms with van der Waals surface area (Å²) < 4.78 is 0. The van der Waals surface area contributed by atoms with Crippen molar-refractivity contribution in [3.8, 4) is 0 Å². The smallest absolute Gasteiger partial charge is 0.338 e. The molecule has 0 aromatic carbocycles. The third kappa shape index (κ3) is 2.74. The SMILES string of the molecule is [N-]=[N+]=N/C(C(=O)O)=C(\N=[N+]=[N-])C(=O)O. The van der Waals surface area contributed by atoms with Crippen molar-refractivity contribution < 1.29 is 19.8 Å². The van der Waals surface area contributed by atoms with Gasteiger partial charge in [-0.3, -0.25) is 0 Å². The Morgan fingerprint density at radius 1 is 0.929 bits per heavy atom. The molecule has 0 aromatic heterocycles. The van der Waals surface area contributed by atoms with Crippen LogP contribution in [0.3, 0.4) is 0 Å². The fourth-order valence-corrected chi connectivity index (χ4v) is 0.472. The second-order valence-corrected chi connectivity index (χ2v) is 1.69. The molecule has 0 atom stereocenters. The highest BCUT2D eigenvalue weighted by molar-refractivity contribution is 5.98. The first kappa shape index (κ1) is 11.3. The van der Waals surface area contributed by atoms with Gasteiger partial charge in [0.15, 0.2) is 0 Å². The molecule has 14 heavy (non-hydrogen) atoms. The van der Waals surface area contributed by atoms with Gasteiger partial charge in [-0.1, -0.05) is 10.2 Å². The Hall–Kier alpha value is -2.70. The van der Waals surface area contributed by atoms with Gasteiger partial charge in [-0.15, -0.1) is 0 Å². The van der Waals surface area contributed by atoms with Gasteiger partial charge in [0.05, 0.1) is 0 Å². The van der Waals surface area contributed by atoms with Gasteiger partial charge in [-0.05, 0) is 11.1 Å². The van der Waals surface area contributed by atoms with Gasteiger partial charge in [-0.2, -0.15) is 0 Å². The van der Waals surface area contributed by atoms with Crippen molar-refractivity contribution in [2.75, 3.05) is 0 Å². The van der Waals surface area contributed by atoms with Crippen molar-refractivity contribution in [2.24, 2.45) is 10.2 Å². The van der Waals surface area contributed by atoms with Crippen molar-refractivity contribution in [2.45, 2.75) is 0 Å². The van der Waals surface area contributed by atoms with Gasteiger partial charge in [0.1, 0.15) is 11.4 Å². The Kier molecular flexibility index (Phi) is 4.06. The van der Waals surface area contributed by atoms with Crippen LogP contribution in [0.5, 0.6) is 0 Å². The number of hydrogen-bond donors (Lipinski definition) is 2. The lowest BCUT2D eigenvalue weighted by molar-refractivity contribution is -0.136. The van der Waals surface area contributed by atoms with E-state index in [4.69, 9.17) is 21.3 Å². The van der Waals surface area contributed by atoms with E-state index in [0.29, 0.717) is 0 Å². The highest BCUT2D eigenvalue weighted by atomic mass is 16.4. The first-order valence-electron chi connectivity index (χ1n) is 2.85. The molecule has 0 bridgehead atoms. The van der Waals surface area contributed by atoms with Crippen molar-refractivity contribution >= 4 is 11.9 Å². The molecule has 0 saturated carbocycles. The molecule has 0 saturated heterocycles. The van der Waals surface area contributed by atoms with E-state index in [0.717, 1.165) is 0 Å². The molecule has 2 N–H and O–H groups in total. The molecular formula is C4H2N6O4. The third-order valence-corrected chi connectivity index (χ3v) is 0.919. The average Bonchev–Trinajstić information content (AvgIpc) is 2.10. The second-order valence-electron chi connectivity index (χ2n) is 1.69. The molecule has 0 fully saturated rings. The lowest BCUT2D eigenvalue weighted by Crippen LogP contribution is -2.07. The Labute approximate surface area is 75.3 Å². The van der Waals surface area contributed by atoms with Gasteiger partial charge >= 0.3 is 11.9 Å². The van der Waals surface area contributed by atoms with Gasteiger partial charge in [0.2, 0.25) is 0 Å². The lowest BCUT2D eigenvalue weighted by atomic mass is 10.3. The van der Waals surface area contributed by atoms with Crippen molar-refractivity contribution in [3.05, 3.63) is 32.3 Å². The molecule has 0 aliphatic carbocycles. The van der Waals surface area contributed by atoms with Gasteiger partial charge in [0, 0.05) is 9.82 Å². The van der Waals surface area contributed by atoms with Crippen LogP contribution in [-0.4, -0.2) is 22.2 Å². The summed E-state index contributed by atoms with van der Waals surface area (Å²) in [5, 5.41) is 21.9. The van der Waals surface area contributed by atoms with Gasteiger partial charge in [-0.25, -0.2) is 9.59 Å². The fourth-order valence-electron chi connectivity index (χ4n) is 0.472. The Bertz CT molecular complexity index is 352. The topological polar surface area (TPSA) is 172 Å². The third-order valence-electron chi connectivity index (χ3n) is 0.919. The minimum absolute atomic E-state index is 1.17. The van der Waals surface area contributed by atoms with E-state index in [1.807, 2.05) is 0 Å². The largest absolute Gasteiger partial charge is 0.478 e. The van der Waals surface area contributed by atoms with E-state index in [-0.39, 0.29) is 0 Å². The van der Waals surface area contributed by atoms with Crippen LogP contribution in [0, 0.1) is 0 Å². The standard InChI is InChI=1S/C4H2N6O4/c5-9-7-1(3(11)12)2(4(13)14)8-10-6/h(H,11,12)(H,13,14)/b2-1-. The van der Waals surface area contributed by atoms with Crippen LogP contribution < -0.4 is 0 Å². The second kappa shape index (κ2) is 5.04. The number of carboxylic acid groups (broad SMARTS) is 2. The molecule has 0 aromatic rings. The van der Waals surface area contributed by atoms with E-state index in [1.165, 1.54) is 0 Å². The molecule has 10 heteroatoms. The highest BCUT2D eigenvalue weighted by Crippen LogP contribution is 2.09. The van der Waals surface area contributed by atoms with E-state index in [9.17, 15) is 9.59 Å². The first-order chi connectivity index (χ1) is 6.54. The average molecular weight is 198 g/mol. The summed E-state index contributed by atoms with van der Waals surface area (Å²) in [6.45, 7) is 0. The molecule has 0 rings (SSSR count). The molecule has 0 unspecified atom stereocenters. The molecule has 10 nitrogen and oxygen atoms in total. The predicted molar refractivity (Wildman–Crippen MR) is 40.6 cm³/mol. The van der Waals surface area contributed by atoms with Crippen LogP contribution in [0.2, 0.25) is 0 Å². The molecule has 0 radical (unpaired) electrons. The molecule has 0 amide bonds. The summed E-state index contributed by atoms with van der Waals surface area (Å²) in [5.74, 6) is -3.60. The summed E-state index contributed by atoms with van der Waals surface area (Å²) in [6.07, 6.45) is 0. The van der Waals surface area contributed by atoms with E-state index < -0.39 is 23.3 Å². The molecule has 0 aliphatic rings. The fraction of sp³-hybridized carbons (Fsp3) is 0. The summed E-state index contributed by atoms with van der Waals surface area (Å²) in [4.78, 5) is 24.8. The zero-order valence-corrected chi connectivity index (χ0v) is 6.39. The Morgan fingerprint density at radius 2 is 1.21 bits per heavy atom. The molecule has 72 valence electrons. The monoisotopic (exact) mass is 198 g/mol. The number of nitrogens with zero attached hydrogens (tertiary/aromatic N) is 6. The van der Waals surface area contributed by atoms with Crippen molar-refractivity contribution in [1.82, 2.24) is 0 Å². The van der Waals surface area contributed by atoms with Crippen LogP contribution in [-0.2, 0) is 9.59 Å². The zero-order chi connectivity index (χ0) is 11.1. The number of carboxylic acids is 2. The summed E-state index contributed by atoms with van der Waals surface area (Å²) in [5.41, 5.74) is 13.5. The quantitative estimate of drug-likeness (QED) is 0.296. The number of rotatable bonds is 4. The normalized spacial score (nSPS) is 10.3. The number of hydrogen-bond acceptors (Lipinski definition) is 4. The molecule has 0 aliphatic heterocycles. The lowest BCUT2D eigenvalue weighted by Gasteiger charge is -1.95. The molecule has 0 spiro atoms. The van der Waals surface area contributed by atoms with Crippen LogP contribution >= 0.6 is 0 Å². The number of carbonyl (C=O) groups is 2. The number of azide groups is 2.